The molecule has 0 saturated carbocycles. The number of aromatic nitrogens is 1. The zero-order chi connectivity index (χ0) is 59.3. The zero-order valence-corrected chi connectivity index (χ0v) is 48.7. The highest BCUT2D eigenvalue weighted by Crippen LogP contribution is 2.35. The van der Waals surface area contributed by atoms with Crippen molar-refractivity contribution in [1.29, 1.82) is 0 Å². The Hall–Kier alpha value is -6.59. The fourth-order valence-electron chi connectivity index (χ4n) is 11.0. The van der Waals surface area contributed by atoms with E-state index in [0.29, 0.717) is 100 Å². The maximum absolute atomic E-state index is 14.6. The Balaban J connectivity index is 0.701. The molecular weight excluding hydrogens is 1110 g/mol. The molecule has 0 aliphatic carbocycles. The average Bonchev–Trinajstić information content (AvgIpc) is 4.44. The number of halogens is 4. The van der Waals surface area contributed by atoms with E-state index in [0.717, 1.165) is 62.1 Å². The molecule has 23 heteroatoms. The third kappa shape index (κ3) is 16.0. The third-order valence-electron chi connectivity index (χ3n) is 16.1. The number of anilines is 2. The van der Waals surface area contributed by atoms with E-state index in [4.69, 9.17) is 27.1 Å². The highest BCUT2D eigenvalue weighted by Gasteiger charge is 2.43. The number of likely N-dealkylation sites (tertiary alicyclic amines) is 2. The van der Waals surface area contributed by atoms with Crippen LogP contribution in [0.25, 0.3) is 0 Å². The molecule has 446 valence electrons. The lowest BCUT2D eigenvalue weighted by Crippen LogP contribution is -2.58. The molecule has 5 amide bonds. The number of ketones is 1. The summed E-state index contributed by atoms with van der Waals surface area (Å²) in [6, 6.07) is 13.3. The van der Waals surface area contributed by atoms with Crippen molar-refractivity contribution >= 4 is 75.2 Å². The monoisotopic (exact) mass is 1190 g/mol. The normalized spacial score (nSPS) is 19.2. The number of benzene rings is 3. The molecule has 2 unspecified atom stereocenters. The minimum absolute atomic E-state index is 0.0544. The molecule has 8 rings (SSSR count). The van der Waals surface area contributed by atoms with Gasteiger partial charge in [-0.3, -0.25) is 38.7 Å². The largest absolute Gasteiger partial charge is 0.482 e. The van der Waals surface area contributed by atoms with Gasteiger partial charge in [-0.2, -0.15) is 0 Å². The van der Waals surface area contributed by atoms with Gasteiger partial charge in [-0.05, 0) is 125 Å². The fraction of sp³-hybridized carbons (Fsp3) is 0.500. The number of Topliss-reactive ketones (excluding diaryl/α,β-unsaturated/α-hetero) is 1. The summed E-state index contributed by atoms with van der Waals surface area (Å²) in [6.45, 7) is 6.55. The Morgan fingerprint density at radius 3 is 2.10 bits per heavy atom. The summed E-state index contributed by atoms with van der Waals surface area (Å²) in [6.07, 6.45) is 7.82. The van der Waals surface area contributed by atoms with Crippen LogP contribution in [0.1, 0.15) is 135 Å². The van der Waals surface area contributed by atoms with E-state index in [2.05, 4.69) is 20.9 Å². The Kier molecular flexibility index (Phi) is 22.0. The molecule has 5 heterocycles. The number of aliphatic hydroxyl groups is 1. The number of likely N-dealkylation sites (N-methyl/N-ethyl adjacent to an activating group) is 1. The smallest absolute Gasteiger partial charge is 0.257 e. The Morgan fingerprint density at radius 1 is 0.807 bits per heavy atom. The predicted molar refractivity (Wildman–Crippen MR) is 312 cm³/mol. The van der Waals surface area contributed by atoms with E-state index in [1.165, 1.54) is 55.2 Å². The van der Waals surface area contributed by atoms with Crippen molar-refractivity contribution in [2.45, 2.75) is 127 Å². The summed E-state index contributed by atoms with van der Waals surface area (Å²) < 4.78 is 48.3. The Bertz CT molecular complexity index is 2980. The van der Waals surface area contributed by atoms with E-state index in [1.54, 1.807) is 43.1 Å². The van der Waals surface area contributed by atoms with Crippen LogP contribution < -0.4 is 26.4 Å². The number of thioether (sulfide) groups is 1. The maximum atomic E-state index is 14.6. The number of aliphatic imine (C=N–C) groups is 1. The number of unbranched alkanes of at least 4 members (excludes halogenated alkanes) is 5. The molecule has 4 aromatic rings. The molecule has 6 N–H and O–H groups in total. The first-order valence-electron chi connectivity index (χ1n) is 28.6. The predicted octanol–water partition coefficient (Wildman–Crippen LogP) is 8.10. The average molecular weight is 1190 g/mol. The van der Waals surface area contributed by atoms with Gasteiger partial charge >= 0.3 is 0 Å². The minimum Gasteiger partial charge on any atom is -0.482 e. The molecule has 0 spiro atoms. The minimum atomic E-state index is -1.15. The van der Waals surface area contributed by atoms with E-state index in [1.807, 2.05) is 14.7 Å². The highest BCUT2D eigenvalue weighted by molar-refractivity contribution is 8.14. The van der Waals surface area contributed by atoms with Gasteiger partial charge in [0, 0.05) is 81.9 Å². The van der Waals surface area contributed by atoms with E-state index in [9.17, 15) is 47.0 Å². The summed E-state index contributed by atoms with van der Waals surface area (Å²) in [5.41, 5.74) is 7.07. The molecule has 0 bridgehead atoms. The fourth-order valence-corrected chi connectivity index (χ4v) is 12.4. The van der Waals surface area contributed by atoms with Gasteiger partial charge in [0.15, 0.2) is 23.2 Å². The number of hydrogen-bond donors (Lipinski definition) is 5. The molecule has 1 aromatic heterocycles. The first-order valence-corrected chi connectivity index (χ1v) is 30.0. The number of hydrogen-bond acceptors (Lipinski definition) is 14. The number of nitrogens with zero attached hydrogens (tertiary/aromatic N) is 6. The maximum Gasteiger partial charge on any atom is 0.257 e. The molecule has 0 radical (unpaired) electrons. The molecule has 3 fully saturated rings. The van der Waals surface area contributed by atoms with Crippen LogP contribution in [0.3, 0.4) is 0 Å². The molecule has 6 atom stereocenters. The van der Waals surface area contributed by atoms with E-state index in [-0.39, 0.29) is 63.5 Å². The van der Waals surface area contributed by atoms with Gasteiger partial charge in [0.2, 0.25) is 23.6 Å². The van der Waals surface area contributed by atoms with Crippen molar-refractivity contribution in [2.75, 3.05) is 69.7 Å². The number of ether oxygens (including phenoxy) is 1. The van der Waals surface area contributed by atoms with Crippen molar-refractivity contribution in [3.8, 4) is 5.75 Å². The number of nitrogens with two attached hydrogens (primary N) is 1. The first kappa shape index (κ1) is 62.5. The second kappa shape index (κ2) is 29.3. The van der Waals surface area contributed by atoms with E-state index >= 15 is 0 Å². The van der Waals surface area contributed by atoms with Crippen LogP contribution in [-0.4, -0.2) is 153 Å². The van der Waals surface area contributed by atoms with Crippen LogP contribution in [0.5, 0.6) is 5.75 Å². The van der Waals surface area contributed by atoms with Crippen molar-refractivity contribution < 1.29 is 51.8 Å². The number of carbonyl (C=O) groups excluding carboxylic acids is 6. The summed E-state index contributed by atoms with van der Waals surface area (Å²) in [4.78, 5) is 96.9. The summed E-state index contributed by atoms with van der Waals surface area (Å²) in [5.74, 6) is -3.16. The molecule has 3 aromatic carbocycles. The van der Waals surface area contributed by atoms with Gasteiger partial charge in [0.1, 0.15) is 36.0 Å². The quantitative estimate of drug-likeness (QED) is 0.0254. The van der Waals surface area contributed by atoms with Crippen molar-refractivity contribution in [3.63, 3.8) is 0 Å². The summed E-state index contributed by atoms with van der Waals surface area (Å²) in [7, 11) is 1.69. The van der Waals surface area contributed by atoms with Crippen LogP contribution >= 0.6 is 23.4 Å². The SMILES string of the molecule is CN[C@H](C)C(=O)N[C@@H](C(=O)N1CCC[C@@H]1C1=NC(C(=O)c2ccc(F)cc2)CS1)C1CCN(C(=O)CCCCCCCCC(=O)N2CCN(C(O)c3ccc(NC(=O)c4cnc(N)c(O[C@H](C)c5c(F)ccc(Cl)c5F)c4)cc3)CC2)CC1. The lowest BCUT2D eigenvalue weighted by molar-refractivity contribution is -0.139. The second-order valence-electron chi connectivity index (χ2n) is 21.7. The van der Waals surface area contributed by atoms with Gasteiger partial charge in [-0.15, -0.1) is 11.8 Å². The number of piperazine rings is 1. The standard InChI is InChI=1S/C60H74ClF3N10O8S/c1-36(66-3)56(78)70-53(60(81)74-26-10-11-47(74)58-69-46(35-83-58)54(77)39-14-18-42(62)19-15-39)38-24-27-71(28-25-38)49(75)12-8-6-4-5-7-9-13-50(76)72-29-31-73(32-30-72)59(80)40-16-20-43(21-17-40)68-57(79)41-33-48(55(65)67-34-41)82-37(2)51-45(63)23-22-44(61)52(51)64/h14-23,33-34,36-38,46-47,53,59,66,80H,4-13,24-32,35H2,1-3H3,(H2,65,67)(H,68,79)(H,70,78)/t36-,37-,46?,47-,53-,59?/m1/s1. The van der Waals surface area contributed by atoms with Crippen LogP contribution in [0.15, 0.2) is 77.9 Å². The van der Waals surface area contributed by atoms with Crippen LogP contribution in [0, 0.1) is 23.4 Å². The van der Waals surface area contributed by atoms with Crippen LogP contribution in [-0.2, 0) is 19.2 Å². The number of amides is 5. The van der Waals surface area contributed by atoms with Gasteiger partial charge in [-0.25, -0.2) is 18.2 Å². The number of aliphatic hydroxyl groups excluding tert-OH is 1. The lowest BCUT2D eigenvalue weighted by Gasteiger charge is -2.38. The molecule has 3 saturated heterocycles. The molecule has 4 aliphatic heterocycles. The number of carbonyl (C=O) groups is 6. The first-order chi connectivity index (χ1) is 39.9. The van der Waals surface area contributed by atoms with E-state index < -0.39 is 59.4 Å². The summed E-state index contributed by atoms with van der Waals surface area (Å²) >= 11 is 7.31. The summed E-state index contributed by atoms with van der Waals surface area (Å²) in [5, 5.41) is 20.4. The number of rotatable bonds is 24. The van der Waals surface area contributed by atoms with Crippen molar-refractivity contribution in [3.05, 3.63) is 118 Å². The van der Waals surface area contributed by atoms with Gasteiger partial charge < -0.3 is 46.2 Å². The number of piperidine rings is 1. The van der Waals surface area contributed by atoms with Gasteiger partial charge in [-0.1, -0.05) is 49.4 Å². The number of nitrogens with one attached hydrogen (secondary N) is 3. The van der Waals surface area contributed by atoms with Gasteiger partial charge in [0.05, 0.1) is 33.3 Å². The number of nitrogen functional groups attached to an aromatic ring is 1. The highest BCUT2D eigenvalue weighted by atomic mass is 35.5. The molecule has 83 heavy (non-hydrogen) atoms. The zero-order valence-electron chi connectivity index (χ0n) is 47.1. The van der Waals surface area contributed by atoms with Gasteiger partial charge in [0.25, 0.3) is 5.91 Å². The van der Waals surface area contributed by atoms with Crippen molar-refractivity contribution in [2.24, 2.45) is 10.9 Å². The number of pyridine rings is 1. The topological polar surface area (TPSA) is 232 Å². The third-order valence-corrected chi connectivity index (χ3v) is 17.6. The lowest BCUT2D eigenvalue weighted by atomic mass is 9.87. The second-order valence-corrected chi connectivity index (χ2v) is 23.1. The van der Waals surface area contributed by atoms with Crippen molar-refractivity contribution in [1.82, 2.24) is 35.2 Å². The van der Waals surface area contributed by atoms with Crippen LogP contribution in [0.2, 0.25) is 5.02 Å². The Morgan fingerprint density at radius 2 is 1.45 bits per heavy atom. The molecule has 18 nitrogen and oxygen atoms in total. The van der Waals surface area contributed by atoms with Crippen LogP contribution in [0.4, 0.5) is 24.7 Å². The Labute approximate surface area is 491 Å². The molecule has 4 aliphatic rings. The molecular formula is C60H74ClF3N10O8S.